The maximum atomic E-state index is 6.65. The van der Waals surface area contributed by atoms with Crippen molar-refractivity contribution in [2.24, 2.45) is 0 Å². The van der Waals surface area contributed by atoms with Gasteiger partial charge in [-0.15, -0.1) is 0 Å². The Bertz CT molecular complexity index is 914. The van der Waals surface area contributed by atoms with Crippen molar-refractivity contribution < 1.29 is 14.2 Å². The zero-order valence-corrected chi connectivity index (χ0v) is 19.7. The fourth-order valence-corrected chi connectivity index (χ4v) is 3.92. The van der Waals surface area contributed by atoms with Crippen LogP contribution < -0.4 is 9.47 Å². The van der Waals surface area contributed by atoms with E-state index in [9.17, 15) is 0 Å². The van der Waals surface area contributed by atoms with E-state index in [1.165, 1.54) is 24.8 Å². The average Bonchev–Trinajstić information content (AvgIpc) is 2.85. The van der Waals surface area contributed by atoms with Gasteiger partial charge in [0.05, 0.1) is 7.11 Å². The molecule has 2 unspecified atom stereocenters. The second-order valence-corrected chi connectivity index (χ2v) is 8.04. The quantitative estimate of drug-likeness (QED) is 0.383. The van der Waals surface area contributed by atoms with Gasteiger partial charge in [-0.1, -0.05) is 86.6 Å². The van der Waals surface area contributed by atoms with Crippen LogP contribution in [0, 0.1) is 0 Å². The van der Waals surface area contributed by atoms with Crippen LogP contribution in [0.3, 0.4) is 0 Å². The molecule has 0 aliphatic heterocycles. The molecule has 6 heteroatoms. The monoisotopic (exact) mass is 437 g/mol. The van der Waals surface area contributed by atoms with Crippen LogP contribution in [0.25, 0.3) is 11.1 Å². The molecule has 0 saturated heterocycles. The summed E-state index contributed by atoms with van der Waals surface area (Å²) in [5.74, 6) is 0.775. The minimum Gasteiger partial charge on any atom is -0.479 e. The van der Waals surface area contributed by atoms with Crippen LogP contribution in [0.4, 0.5) is 0 Å². The van der Waals surface area contributed by atoms with Gasteiger partial charge in [0.15, 0.2) is 5.60 Å². The summed E-state index contributed by atoms with van der Waals surface area (Å²) in [5, 5.41) is 12.2. The highest BCUT2D eigenvalue weighted by Gasteiger charge is 2.40. The number of rotatable bonds is 12. The first-order valence-corrected chi connectivity index (χ1v) is 11.7. The third-order valence-electron chi connectivity index (χ3n) is 5.92. The van der Waals surface area contributed by atoms with E-state index < -0.39 is 5.60 Å². The Hall–Kier alpha value is -2.73. The van der Waals surface area contributed by atoms with Gasteiger partial charge in [-0.05, 0) is 47.8 Å². The van der Waals surface area contributed by atoms with Crippen LogP contribution >= 0.6 is 0 Å². The molecule has 3 rings (SSSR count). The number of ether oxygens (including phenoxy) is 3. The standard InChI is InChI=1S/C26H35N3O3/c1-5-8-9-13-18-31-22-19-20(6-2)16-17-26(22,7-3)32-25-23(21-14-11-10-12-15-21)24(30-4)27-29-28-25/h10-12,14-17,19,22H,5-9,13,18H2,1-4H3. The number of nitrogens with zero attached hydrogens (tertiary/aromatic N) is 3. The fraction of sp³-hybridized carbons (Fsp3) is 0.500. The highest BCUT2D eigenvalue weighted by Crippen LogP contribution is 2.39. The summed E-state index contributed by atoms with van der Waals surface area (Å²) in [5.41, 5.74) is 2.16. The summed E-state index contributed by atoms with van der Waals surface area (Å²) < 4.78 is 18.6. The molecule has 6 nitrogen and oxygen atoms in total. The molecule has 1 heterocycles. The zero-order chi connectivity index (χ0) is 22.8. The van der Waals surface area contributed by atoms with Gasteiger partial charge in [0.1, 0.15) is 11.7 Å². The van der Waals surface area contributed by atoms with Gasteiger partial charge in [0.25, 0.3) is 0 Å². The number of unbranched alkanes of at least 4 members (excludes halogenated alkanes) is 3. The van der Waals surface area contributed by atoms with Crippen LogP contribution in [-0.4, -0.2) is 40.8 Å². The lowest BCUT2D eigenvalue weighted by Crippen LogP contribution is -2.48. The molecule has 1 aromatic carbocycles. The van der Waals surface area contributed by atoms with Crippen molar-refractivity contribution in [3.8, 4) is 22.9 Å². The predicted molar refractivity (Wildman–Crippen MR) is 127 cm³/mol. The zero-order valence-electron chi connectivity index (χ0n) is 19.7. The second-order valence-electron chi connectivity index (χ2n) is 8.04. The summed E-state index contributed by atoms with van der Waals surface area (Å²) in [7, 11) is 1.58. The average molecular weight is 438 g/mol. The minimum atomic E-state index is -0.687. The Morgan fingerprint density at radius 3 is 2.44 bits per heavy atom. The maximum Gasteiger partial charge on any atom is 0.249 e. The van der Waals surface area contributed by atoms with Crippen LogP contribution in [0.2, 0.25) is 0 Å². The topological polar surface area (TPSA) is 66.4 Å². The first kappa shape index (κ1) is 23.9. The number of methoxy groups -OCH3 is 1. The Labute approximate surface area is 191 Å². The van der Waals surface area contributed by atoms with E-state index in [0.717, 1.165) is 24.8 Å². The molecular formula is C26H35N3O3. The summed E-state index contributed by atoms with van der Waals surface area (Å²) >= 11 is 0. The van der Waals surface area contributed by atoms with Crippen molar-refractivity contribution in [2.45, 2.75) is 71.0 Å². The molecule has 0 amide bonds. The molecular weight excluding hydrogens is 402 g/mol. The number of hydrogen-bond donors (Lipinski definition) is 0. The molecule has 0 radical (unpaired) electrons. The van der Waals surface area contributed by atoms with Crippen molar-refractivity contribution in [2.75, 3.05) is 13.7 Å². The van der Waals surface area contributed by atoms with Crippen molar-refractivity contribution in [3.63, 3.8) is 0 Å². The highest BCUT2D eigenvalue weighted by molar-refractivity contribution is 5.73. The number of allylic oxidation sites excluding steroid dienone is 2. The molecule has 172 valence electrons. The molecule has 32 heavy (non-hydrogen) atoms. The van der Waals surface area contributed by atoms with Gasteiger partial charge in [-0.25, -0.2) is 0 Å². The predicted octanol–water partition coefficient (Wildman–Crippen LogP) is 5.95. The van der Waals surface area contributed by atoms with Crippen molar-refractivity contribution in [3.05, 3.63) is 54.1 Å². The van der Waals surface area contributed by atoms with Gasteiger partial charge in [-0.2, -0.15) is 0 Å². The summed E-state index contributed by atoms with van der Waals surface area (Å²) in [6, 6.07) is 9.87. The third kappa shape index (κ3) is 5.54. The number of benzene rings is 1. The largest absolute Gasteiger partial charge is 0.479 e. The van der Waals surface area contributed by atoms with Crippen LogP contribution in [-0.2, 0) is 4.74 Å². The smallest absolute Gasteiger partial charge is 0.249 e. The molecule has 1 aliphatic rings. The number of aromatic nitrogens is 3. The Kier molecular flexibility index (Phi) is 8.80. The molecule has 2 atom stereocenters. The third-order valence-corrected chi connectivity index (χ3v) is 5.92. The summed E-state index contributed by atoms with van der Waals surface area (Å²) in [6.45, 7) is 7.18. The molecule has 0 N–H and O–H groups in total. The highest BCUT2D eigenvalue weighted by atomic mass is 16.6. The molecule has 1 aliphatic carbocycles. The SMILES string of the molecule is CCCCCCOC1C=C(CC)C=CC1(CC)Oc1nnnc(OC)c1-c1ccccc1. The first-order chi connectivity index (χ1) is 15.7. The summed E-state index contributed by atoms with van der Waals surface area (Å²) in [6.07, 6.45) is 12.6. The van der Waals surface area contributed by atoms with Crippen molar-refractivity contribution in [1.29, 1.82) is 0 Å². The lowest BCUT2D eigenvalue weighted by molar-refractivity contribution is -0.0479. The maximum absolute atomic E-state index is 6.65. The van der Waals surface area contributed by atoms with Crippen molar-refractivity contribution >= 4 is 0 Å². The van der Waals surface area contributed by atoms with E-state index in [4.69, 9.17) is 14.2 Å². The first-order valence-electron chi connectivity index (χ1n) is 11.7. The van der Waals surface area contributed by atoms with Crippen LogP contribution in [0.5, 0.6) is 11.8 Å². The van der Waals surface area contributed by atoms with Crippen LogP contribution in [0.1, 0.15) is 59.3 Å². The van der Waals surface area contributed by atoms with Gasteiger partial charge < -0.3 is 14.2 Å². The fourth-order valence-electron chi connectivity index (χ4n) is 3.92. The minimum absolute atomic E-state index is 0.210. The molecule has 0 bridgehead atoms. The molecule has 1 aromatic heterocycles. The van der Waals surface area contributed by atoms with Gasteiger partial charge >= 0.3 is 0 Å². The van der Waals surface area contributed by atoms with E-state index in [-0.39, 0.29) is 6.10 Å². The van der Waals surface area contributed by atoms with E-state index in [1.54, 1.807) is 7.11 Å². The Morgan fingerprint density at radius 1 is 0.969 bits per heavy atom. The molecule has 0 fully saturated rings. The van der Waals surface area contributed by atoms with Gasteiger partial charge in [0.2, 0.25) is 11.8 Å². The molecule has 0 saturated carbocycles. The molecule has 0 spiro atoms. The number of hydrogen-bond acceptors (Lipinski definition) is 6. The van der Waals surface area contributed by atoms with E-state index in [1.807, 2.05) is 30.3 Å². The van der Waals surface area contributed by atoms with Gasteiger partial charge in [-0.3, -0.25) is 0 Å². The van der Waals surface area contributed by atoms with E-state index in [2.05, 4.69) is 54.4 Å². The summed E-state index contributed by atoms with van der Waals surface area (Å²) in [4.78, 5) is 0. The Morgan fingerprint density at radius 2 is 1.75 bits per heavy atom. The van der Waals surface area contributed by atoms with Gasteiger partial charge in [0, 0.05) is 6.61 Å². The van der Waals surface area contributed by atoms with E-state index >= 15 is 0 Å². The molecule has 2 aromatic rings. The lowest BCUT2D eigenvalue weighted by Gasteiger charge is -2.38. The lowest BCUT2D eigenvalue weighted by atomic mass is 9.85. The normalized spacial score (nSPS) is 20.1. The van der Waals surface area contributed by atoms with E-state index in [0.29, 0.717) is 23.9 Å². The van der Waals surface area contributed by atoms with Crippen molar-refractivity contribution in [1.82, 2.24) is 15.4 Å². The Balaban J connectivity index is 1.93. The van der Waals surface area contributed by atoms with Crippen LogP contribution in [0.15, 0.2) is 54.1 Å². The second kappa shape index (κ2) is 11.8.